The number of carbonyl (C=O) groups excluding carboxylic acids is 1. The first-order valence-corrected chi connectivity index (χ1v) is 11.0. The summed E-state index contributed by atoms with van der Waals surface area (Å²) in [6.07, 6.45) is 4.44. The van der Waals surface area contributed by atoms with Crippen LogP contribution in [-0.4, -0.2) is 64.6 Å². The molecule has 0 aliphatic heterocycles. The van der Waals surface area contributed by atoms with E-state index in [1.807, 2.05) is 39.3 Å². The third-order valence-corrected chi connectivity index (χ3v) is 5.37. The van der Waals surface area contributed by atoms with Crippen LogP contribution in [0.2, 0.25) is 0 Å². The molecule has 0 fully saturated rings. The summed E-state index contributed by atoms with van der Waals surface area (Å²) < 4.78 is 15.3. The molecule has 4 aromatic rings. The molecule has 0 radical (unpaired) electrons. The highest BCUT2D eigenvalue weighted by atomic mass is 19.1. The van der Waals surface area contributed by atoms with E-state index >= 15 is 0 Å². The summed E-state index contributed by atoms with van der Waals surface area (Å²) in [6.45, 7) is 5.18. The van der Waals surface area contributed by atoms with Gasteiger partial charge in [0.25, 0.3) is 0 Å². The maximum Gasteiger partial charge on any atom is 0.247 e. The molecule has 0 saturated heterocycles. The summed E-state index contributed by atoms with van der Waals surface area (Å²) in [7, 11) is 6.00. The van der Waals surface area contributed by atoms with Crippen molar-refractivity contribution in [2.75, 3.05) is 49.8 Å². The minimum atomic E-state index is -0.338. The van der Waals surface area contributed by atoms with Gasteiger partial charge in [-0.25, -0.2) is 18.9 Å². The summed E-state index contributed by atoms with van der Waals surface area (Å²) >= 11 is 0. The van der Waals surface area contributed by atoms with Crippen LogP contribution in [0.1, 0.15) is 0 Å². The van der Waals surface area contributed by atoms with Crippen LogP contribution in [0.25, 0.3) is 16.9 Å². The van der Waals surface area contributed by atoms with Gasteiger partial charge in [-0.15, -0.1) is 5.10 Å². The molecule has 0 spiro atoms. The molecular weight excluding hydrogens is 447 g/mol. The zero-order chi connectivity index (χ0) is 24.9. The van der Waals surface area contributed by atoms with Crippen LogP contribution in [0.3, 0.4) is 0 Å². The Morgan fingerprint density at radius 1 is 1.11 bits per heavy atom. The quantitative estimate of drug-likeness (QED) is 0.357. The summed E-state index contributed by atoms with van der Waals surface area (Å²) in [5.74, 6) is -0.322. The lowest BCUT2D eigenvalue weighted by molar-refractivity contribution is -0.111. The van der Waals surface area contributed by atoms with Gasteiger partial charge in [0.05, 0.1) is 29.5 Å². The summed E-state index contributed by atoms with van der Waals surface area (Å²) in [5.41, 5.74) is 4.01. The summed E-state index contributed by atoms with van der Waals surface area (Å²) in [5, 5.41) is 10.6. The topological polar surface area (TPSA) is 90.7 Å². The lowest BCUT2D eigenvalue weighted by atomic mass is 10.2. The molecule has 0 unspecified atom stereocenters. The lowest BCUT2D eigenvalue weighted by Gasteiger charge is -2.24. The number of rotatable bonds is 9. The van der Waals surface area contributed by atoms with E-state index in [-0.39, 0.29) is 11.7 Å². The lowest BCUT2D eigenvalue weighted by Crippen LogP contribution is -2.29. The van der Waals surface area contributed by atoms with E-state index in [4.69, 9.17) is 0 Å². The van der Waals surface area contributed by atoms with Gasteiger partial charge in [-0.05, 0) is 50.5 Å². The molecular formula is C25H27FN8O. The van der Waals surface area contributed by atoms with Gasteiger partial charge < -0.3 is 20.4 Å². The van der Waals surface area contributed by atoms with Crippen LogP contribution < -0.4 is 15.5 Å². The molecule has 180 valence electrons. The molecule has 4 rings (SSSR count). The molecule has 35 heavy (non-hydrogen) atoms. The minimum Gasteiger partial charge on any atom is -0.372 e. The predicted molar refractivity (Wildman–Crippen MR) is 137 cm³/mol. The second-order valence-electron chi connectivity index (χ2n) is 8.28. The molecule has 2 heterocycles. The Morgan fingerprint density at radius 3 is 2.69 bits per heavy atom. The summed E-state index contributed by atoms with van der Waals surface area (Å²) in [4.78, 5) is 24.9. The number of nitrogens with zero attached hydrogens (tertiary/aromatic N) is 6. The monoisotopic (exact) mass is 474 g/mol. The number of anilines is 4. The van der Waals surface area contributed by atoms with Crippen molar-refractivity contribution in [3.63, 3.8) is 0 Å². The highest BCUT2D eigenvalue weighted by Crippen LogP contribution is 2.30. The molecule has 0 aliphatic rings. The van der Waals surface area contributed by atoms with Crippen molar-refractivity contribution in [3.8, 4) is 11.3 Å². The second kappa shape index (κ2) is 10.3. The van der Waals surface area contributed by atoms with Crippen molar-refractivity contribution < 1.29 is 9.18 Å². The molecule has 9 nitrogen and oxygen atoms in total. The number of halogens is 1. The van der Waals surface area contributed by atoms with Gasteiger partial charge in [-0.3, -0.25) is 4.79 Å². The van der Waals surface area contributed by atoms with Crippen LogP contribution in [0.5, 0.6) is 0 Å². The molecule has 0 saturated carbocycles. The number of aromatic nitrogens is 4. The normalized spacial score (nSPS) is 11.0. The van der Waals surface area contributed by atoms with Gasteiger partial charge in [0.15, 0.2) is 5.65 Å². The van der Waals surface area contributed by atoms with Gasteiger partial charge in [-0.2, -0.15) is 0 Å². The third kappa shape index (κ3) is 5.61. The molecule has 1 amide bonds. The highest BCUT2D eigenvalue weighted by molar-refractivity contribution is 6.01. The molecule has 0 aliphatic carbocycles. The van der Waals surface area contributed by atoms with Crippen molar-refractivity contribution in [3.05, 3.63) is 73.3 Å². The number of hydrogen-bond acceptors (Lipinski definition) is 7. The Hall–Kier alpha value is -4.31. The largest absolute Gasteiger partial charge is 0.372 e. The Labute approximate surface area is 202 Å². The first-order chi connectivity index (χ1) is 16.8. The third-order valence-electron chi connectivity index (χ3n) is 5.37. The van der Waals surface area contributed by atoms with Crippen molar-refractivity contribution in [2.45, 2.75) is 0 Å². The Bertz CT molecular complexity index is 1370. The molecule has 0 atom stereocenters. The maximum absolute atomic E-state index is 13.7. The van der Waals surface area contributed by atoms with E-state index in [1.54, 1.807) is 29.0 Å². The fraction of sp³-hybridized carbons (Fsp3) is 0.200. The highest BCUT2D eigenvalue weighted by Gasteiger charge is 2.13. The van der Waals surface area contributed by atoms with Crippen LogP contribution in [0.4, 0.5) is 27.4 Å². The van der Waals surface area contributed by atoms with Crippen LogP contribution >= 0.6 is 0 Å². The maximum atomic E-state index is 13.7. The number of amides is 1. The smallest absolute Gasteiger partial charge is 0.247 e. The van der Waals surface area contributed by atoms with Crippen LogP contribution in [0.15, 0.2) is 67.5 Å². The first-order valence-electron chi connectivity index (χ1n) is 11.0. The number of carbonyl (C=O) groups is 1. The van der Waals surface area contributed by atoms with Crippen molar-refractivity contribution in [2.24, 2.45) is 0 Å². The predicted octanol–water partition coefficient (Wildman–Crippen LogP) is 3.80. The average molecular weight is 475 g/mol. The second-order valence-corrected chi connectivity index (χ2v) is 8.28. The fourth-order valence-electron chi connectivity index (χ4n) is 3.52. The number of benzene rings is 2. The average Bonchev–Trinajstić information content (AvgIpc) is 3.26. The standard InChI is InChI=1S/C25H27FN8O/c1-5-24(35)30-20-14-19(9-10-21(20)33(4)12-11-32(2)3)29-25-28-16-23-27-15-22(34(23)31-25)17-7-6-8-18(26)13-17/h5-10,13-16H,1,11-12H2,2-4H3,(H,29,31)(H,30,35). The van der Waals surface area contributed by atoms with E-state index in [9.17, 15) is 9.18 Å². The molecule has 0 bridgehead atoms. The van der Waals surface area contributed by atoms with Crippen molar-refractivity contribution in [1.82, 2.24) is 24.5 Å². The van der Waals surface area contributed by atoms with Gasteiger partial charge >= 0.3 is 0 Å². The van der Waals surface area contributed by atoms with Gasteiger partial charge in [0.2, 0.25) is 11.9 Å². The van der Waals surface area contributed by atoms with E-state index < -0.39 is 0 Å². The zero-order valence-electron chi connectivity index (χ0n) is 19.9. The van der Waals surface area contributed by atoms with Crippen molar-refractivity contribution in [1.29, 1.82) is 0 Å². The Balaban J connectivity index is 1.64. The minimum absolute atomic E-state index is 0.305. The number of fused-ring (bicyclic) bond motifs is 1. The van der Waals surface area contributed by atoms with E-state index in [1.165, 1.54) is 18.2 Å². The Morgan fingerprint density at radius 2 is 1.94 bits per heavy atom. The Kier molecular flexibility index (Phi) is 7.02. The number of imidazole rings is 1. The van der Waals surface area contributed by atoms with Gasteiger partial charge in [0.1, 0.15) is 5.82 Å². The fourth-order valence-corrected chi connectivity index (χ4v) is 3.52. The molecule has 10 heteroatoms. The number of nitrogens with one attached hydrogen (secondary N) is 2. The van der Waals surface area contributed by atoms with Crippen LogP contribution in [-0.2, 0) is 4.79 Å². The molecule has 2 N–H and O–H groups in total. The van der Waals surface area contributed by atoms with E-state index in [2.05, 4.69) is 42.1 Å². The molecule has 2 aromatic carbocycles. The van der Waals surface area contributed by atoms with E-state index in [0.717, 1.165) is 18.8 Å². The van der Waals surface area contributed by atoms with Crippen LogP contribution in [0, 0.1) is 5.82 Å². The summed E-state index contributed by atoms with van der Waals surface area (Å²) in [6, 6.07) is 11.9. The molecule has 2 aromatic heterocycles. The van der Waals surface area contributed by atoms with Crippen molar-refractivity contribution >= 4 is 34.6 Å². The SMILES string of the molecule is C=CC(=O)Nc1cc(Nc2ncc3ncc(-c4cccc(F)c4)n3n2)ccc1N(C)CCN(C)C. The zero-order valence-corrected chi connectivity index (χ0v) is 19.9. The van der Waals surface area contributed by atoms with Gasteiger partial charge in [0, 0.05) is 31.4 Å². The first kappa shape index (κ1) is 23.8. The number of likely N-dealkylation sites (N-methyl/N-ethyl adjacent to an activating group) is 2. The van der Waals surface area contributed by atoms with E-state index in [0.29, 0.717) is 34.2 Å². The number of hydrogen-bond donors (Lipinski definition) is 2. The van der Waals surface area contributed by atoms with Gasteiger partial charge in [-0.1, -0.05) is 18.7 Å².